The predicted octanol–water partition coefficient (Wildman–Crippen LogP) is 1.51. The van der Waals surface area contributed by atoms with E-state index in [4.69, 9.17) is 0 Å². The first-order valence-corrected chi connectivity index (χ1v) is 7.60. The first-order chi connectivity index (χ1) is 9.36. The summed E-state index contributed by atoms with van der Waals surface area (Å²) in [5.41, 5.74) is 3.06. The molecule has 3 nitrogen and oxygen atoms in total. The van der Waals surface area contributed by atoms with Crippen LogP contribution in [0.1, 0.15) is 24.0 Å². The van der Waals surface area contributed by atoms with Crippen LogP contribution in [0.25, 0.3) is 0 Å². The highest BCUT2D eigenvalue weighted by Gasteiger charge is 2.23. The normalized spacial score (nSPS) is 25.2. The predicted molar refractivity (Wildman–Crippen MR) is 79.4 cm³/mol. The van der Waals surface area contributed by atoms with E-state index in [0.29, 0.717) is 5.92 Å². The molecule has 0 radical (unpaired) electrons. The number of fused-ring (bicyclic) bond motifs is 1. The van der Waals surface area contributed by atoms with Crippen molar-refractivity contribution in [1.29, 1.82) is 0 Å². The number of rotatable bonds is 3. The van der Waals surface area contributed by atoms with Gasteiger partial charge in [-0.15, -0.1) is 0 Å². The highest BCUT2D eigenvalue weighted by Crippen LogP contribution is 2.24. The maximum Gasteiger partial charge on any atom is 0.0208 e. The molecule has 0 spiro atoms. The lowest BCUT2D eigenvalue weighted by Gasteiger charge is -2.37. The molecule has 0 bridgehead atoms. The van der Waals surface area contributed by atoms with Gasteiger partial charge in [0, 0.05) is 51.7 Å². The van der Waals surface area contributed by atoms with Crippen molar-refractivity contribution in [2.24, 2.45) is 0 Å². The van der Waals surface area contributed by atoms with E-state index >= 15 is 0 Å². The Labute approximate surface area is 116 Å². The summed E-state index contributed by atoms with van der Waals surface area (Å²) in [5, 5.41) is 3.56. The molecule has 0 aliphatic carbocycles. The second-order valence-electron chi connectivity index (χ2n) is 5.76. The van der Waals surface area contributed by atoms with Crippen molar-refractivity contribution in [3.05, 3.63) is 35.4 Å². The zero-order chi connectivity index (χ0) is 13.1. The van der Waals surface area contributed by atoms with Gasteiger partial charge in [0.25, 0.3) is 0 Å². The molecule has 0 aromatic heterocycles. The van der Waals surface area contributed by atoms with E-state index in [2.05, 4.69) is 46.3 Å². The lowest BCUT2D eigenvalue weighted by Crippen LogP contribution is -2.48. The topological polar surface area (TPSA) is 18.5 Å². The fourth-order valence-corrected chi connectivity index (χ4v) is 3.35. The van der Waals surface area contributed by atoms with Gasteiger partial charge in [-0.1, -0.05) is 31.2 Å². The van der Waals surface area contributed by atoms with Crippen LogP contribution >= 0.6 is 0 Å². The number of hydrogen-bond donors (Lipinski definition) is 1. The molecule has 1 unspecified atom stereocenters. The van der Waals surface area contributed by atoms with E-state index in [0.717, 1.165) is 13.1 Å². The number of nitrogens with zero attached hydrogens (tertiary/aromatic N) is 2. The number of likely N-dealkylation sites (N-methyl/N-ethyl adjacent to an activating group) is 1. The van der Waals surface area contributed by atoms with Crippen LogP contribution in [0.2, 0.25) is 0 Å². The third-order valence-electron chi connectivity index (χ3n) is 4.59. The smallest absolute Gasteiger partial charge is 0.0208 e. The molecule has 2 aliphatic heterocycles. The molecule has 1 aromatic rings. The molecule has 1 N–H and O–H groups in total. The summed E-state index contributed by atoms with van der Waals surface area (Å²) >= 11 is 0. The molecule has 104 valence electrons. The Morgan fingerprint density at radius 1 is 1.11 bits per heavy atom. The molecule has 3 rings (SSSR count). The fourth-order valence-electron chi connectivity index (χ4n) is 3.35. The Morgan fingerprint density at radius 3 is 2.63 bits per heavy atom. The van der Waals surface area contributed by atoms with Gasteiger partial charge in [-0.3, -0.25) is 0 Å². The van der Waals surface area contributed by atoms with E-state index in [-0.39, 0.29) is 0 Å². The number of benzene rings is 1. The zero-order valence-corrected chi connectivity index (χ0v) is 11.9. The van der Waals surface area contributed by atoms with Crippen LogP contribution in [-0.4, -0.2) is 55.6 Å². The summed E-state index contributed by atoms with van der Waals surface area (Å²) < 4.78 is 0. The van der Waals surface area contributed by atoms with Gasteiger partial charge in [-0.2, -0.15) is 0 Å². The Hall–Kier alpha value is -0.900. The van der Waals surface area contributed by atoms with Crippen LogP contribution in [0, 0.1) is 0 Å². The van der Waals surface area contributed by atoms with E-state index < -0.39 is 0 Å². The van der Waals surface area contributed by atoms with Crippen LogP contribution in [0.3, 0.4) is 0 Å². The quantitative estimate of drug-likeness (QED) is 0.888. The van der Waals surface area contributed by atoms with Crippen molar-refractivity contribution in [1.82, 2.24) is 15.1 Å². The van der Waals surface area contributed by atoms with E-state index in [1.807, 2.05) is 0 Å². The molecule has 0 saturated carbocycles. The minimum atomic E-state index is 0.665. The number of piperazine rings is 1. The van der Waals surface area contributed by atoms with Gasteiger partial charge in [0.05, 0.1) is 0 Å². The second kappa shape index (κ2) is 6.04. The Balaban J connectivity index is 1.62. The average molecular weight is 259 g/mol. The maximum absolute atomic E-state index is 3.56. The Morgan fingerprint density at radius 2 is 1.84 bits per heavy atom. The van der Waals surface area contributed by atoms with E-state index in [9.17, 15) is 0 Å². The van der Waals surface area contributed by atoms with Gasteiger partial charge in [-0.05, 0) is 17.7 Å². The summed E-state index contributed by atoms with van der Waals surface area (Å²) in [4.78, 5) is 5.18. The van der Waals surface area contributed by atoms with Crippen LogP contribution in [-0.2, 0) is 6.54 Å². The highest BCUT2D eigenvalue weighted by atomic mass is 15.3. The van der Waals surface area contributed by atoms with Crippen molar-refractivity contribution < 1.29 is 0 Å². The number of nitrogens with one attached hydrogen (secondary N) is 1. The first-order valence-electron chi connectivity index (χ1n) is 7.60. The van der Waals surface area contributed by atoms with Gasteiger partial charge in [0.2, 0.25) is 0 Å². The molecule has 19 heavy (non-hydrogen) atoms. The van der Waals surface area contributed by atoms with Gasteiger partial charge in [-0.25, -0.2) is 0 Å². The largest absolute Gasteiger partial charge is 0.312 e. The molecule has 2 heterocycles. The van der Waals surface area contributed by atoms with Crippen LogP contribution in [0.15, 0.2) is 24.3 Å². The minimum Gasteiger partial charge on any atom is -0.312 e. The molecule has 2 aliphatic rings. The molecule has 3 heteroatoms. The van der Waals surface area contributed by atoms with Gasteiger partial charge in [0.1, 0.15) is 0 Å². The van der Waals surface area contributed by atoms with Crippen LogP contribution in [0.4, 0.5) is 0 Å². The first kappa shape index (κ1) is 13.1. The third kappa shape index (κ3) is 2.99. The van der Waals surface area contributed by atoms with Gasteiger partial charge in [0.15, 0.2) is 0 Å². The zero-order valence-electron chi connectivity index (χ0n) is 11.9. The monoisotopic (exact) mass is 259 g/mol. The molecular formula is C16H25N3. The average Bonchev–Trinajstić information content (AvgIpc) is 2.48. The molecule has 1 fully saturated rings. The number of hydrogen-bond acceptors (Lipinski definition) is 3. The summed E-state index contributed by atoms with van der Waals surface area (Å²) in [6.07, 6.45) is 0. The lowest BCUT2D eigenvalue weighted by atomic mass is 9.90. The molecule has 1 atom stereocenters. The fraction of sp³-hybridized carbons (Fsp3) is 0.625. The summed E-state index contributed by atoms with van der Waals surface area (Å²) in [6, 6.07) is 8.93. The molecule has 0 amide bonds. The Kier molecular flexibility index (Phi) is 4.16. The van der Waals surface area contributed by atoms with Gasteiger partial charge >= 0.3 is 0 Å². The van der Waals surface area contributed by atoms with E-state index in [1.54, 1.807) is 5.56 Å². The molecule has 1 saturated heterocycles. The summed E-state index contributed by atoms with van der Waals surface area (Å²) in [7, 11) is 0. The third-order valence-corrected chi connectivity index (χ3v) is 4.59. The SMILES string of the molecule is CCN1CCN(CC2CNCc3ccccc32)CC1. The molecular weight excluding hydrogens is 234 g/mol. The van der Waals surface area contributed by atoms with Gasteiger partial charge < -0.3 is 15.1 Å². The summed E-state index contributed by atoms with van der Waals surface area (Å²) in [6.45, 7) is 11.8. The highest BCUT2D eigenvalue weighted by molar-refractivity contribution is 5.32. The van der Waals surface area contributed by atoms with Crippen molar-refractivity contribution in [3.8, 4) is 0 Å². The lowest BCUT2D eigenvalue weighted by molar-refractivity contribution is 0.130. The van der Waals surface area contributed by atoms with Crippen molar-refractivity contribution in [3.63, 3.8) is 0 Å². The van der Waals surface area contributed by atoms with Crippen LogP contribution < -0.4 is 5.32 Å². The Bertz CT molecular complexity index is 410. The second-order valence-corrected chi connectivity index (χ2v) is 5.76. The minimum absolute atomic E-state index is 0.665. The van der Waals surface area contributed by atoms with Crippen molar-refractivity contribution in [2.45, 2.75) is 19.4 Å². The van der Waals surface area contributed by atoms with Crippen molar-refractivity contribution in [2.75, 3.05) is 45.8 Å². The van der Waals surface area contributed by atoms with Crippen LogP contribution in [0.5, 0.6) is 0 Å². The van der Waals surface area contributed by atoms with E-state index in [1.165, 1.54) is 44.8 Å². The maximum atomic E-state index is 3.56. The standard InChI is InChI=1S/C16H25N3/c1-2-18-7-9-19(10-8-18)13-15-12-17-11-14-5-3-4-6-16(14)15/h3-6,15,17H,2,7-13H2,1H3. The molecule has 1 aromatic carbocycles. The van der Waals surface area contributed by atoms with Crippen molar-refractivity contribution >= 4 is 0 Å². The summed E-state index contributed by atoms with van der Waals surface area (Å²) in [5.74, 6) is 0.665.